The molecule has 0 aromatic heterocycles. The summed E-state index contributed by atoms with van der Waals surface area (Å²) >= 11 is 0. The Bertz CT molecular complexity index is 236. The molecule has 2 atom stereocenters. The molecular weight excluding hydrogens is 200 g/mol. The highest BCUT2D eigenvalue weighted by atomic mass is 16.1. The lowest BCUT2D eigenvalue weighted by Crippen LogP contribution is -2.40. The summed E-state index contributed by atoms with van der Waals surface area (Å²) in [6.07, 6.45) is 5.99. The van der Waals surface area contributed by atoms with Gasteiger partial charge in [-0.05, 0) is 44.2 Å². The largest absolute Gasteiger partial charge is 0.356 e. The second kappa shape index (κ2) is 5.67. The molecule has 0 radical (unpaired) electrons. The summed E-state index contributed by atoms with van der Waals surface area (Å²) in [7, 11) is 0. The van der Waals surface area contributed by atoms with E-state index in [1.54, 1.807) is 0 Å². The van der Waals surface area contributed by atoms with Crippen molar-refractivity contribution in [1.82, 2.24) is 10.6 Å². The van der Waals surface area contributed by atoms with E-state index in [0.717, 1.165) is 44.3 Å². The predicted octanol–water partition coefficient (Wildman–Crippen LogP) is 1.54. The summed E-state index contributed by atoms with van der Waals surface area (Å²) in [6.45, 7) is 5.22. The van der Waals surface area contributed by atoms with Gasteiger partial charge in [0.25, 0.3) is 0 Å². The minimum Gasteiger partial charge on any atom is -0.356 e. The van der Waals surface area contributed by atoms with Gasteiger partial charge in [0.05, 0.1) is 0 Å². The Morgan fingerprint density at radius 2 is 2.00 bits per heavy atom. The van der Waals surface area contributed by atoms with Gasteiger partial charge in [0, 0.05) is 12.5 Å². The van der Waals surface area contributed by atoms with E-state index in [4.69, 9.17) is 0 Å². The SMILES string of the molecule is CC1CCCC1CNC(=O)C1CCNCC1. The number of nitrogens with one attached hydrogen (secondary N) is 2. The van der Waals surface area contributed by atoms with Gasteiger partial charge in [0.15, 0.2) is 0 Å². The molecule has 2 fully saturated rings. The molecule has 0 bridgehead atoms. The maximum atomic E-state index is 11.9. The summed E-state index contributed by atoms with van der Waals surface area (Å²) in [5.74, 6) is 2.08. The van der Waals surface area contributed by atoms with Crippen molar-refractivity contribution in [2.24, 2.45) is 17.8 Å². The van der Waals surface area contributed by atoms with Gasteiger partial charge in [-0.2, -0.15) is 0 Å². The van der Waals surface area contributed by atoms with E-state index < -0.39 is 0 Å². The topological polar surface area (TPSA) is 41.1 Å². The fraction of sp³-hybridized carbons (Fsp3) is 0.923. The van der Waals surface area contributed by atoms with Crippen molar-refractivity contribution in [3.63, 3.8) is 0 Å². The molecule has 1 amide bonds. The third kappa shape index (κ3) is 2.97. The van der Waals surface area contributed by atoms with E-state index in [2.05, 4.69) is 17.6 Å². The molecule has 92 valence electrons. The van der Waals surface area contributed by atoms with Crippen molar-refractivity contribution < 1.29 is 4.79 Å². The minimum atomic E-state index is 0.262. The molecule has 3 nitrogen and oxygen atoms in total. The first-order chi connectivity index (χ1) is 7.77. The Hall–Kier alpha value is -0.570. The zero-order valence-corrected chi connectivity index (χ0v) is 10.3. The van der Waals surface area contributed by atoms with E-state index in [0.29, 0.717) is 5.91 Å². The molecule has 2 aliphatic rings. The fourth-order valence-electron chi connectivity index (χ4n) is 2.99. The van der Waals surface area contributed by atoms with Gasteiger partial charge in [-0.25, -0.2) is 0 Å². The molecule has 1 heterocycles. The summed E-state index contributed by atoms with van der Waals surface area (Å²) < 4.78 is 0. The molecule has 1 aliphatic carbocycles. The van der Waals surface area contributed by atoms with Gasteiger partial charge in [-0.3, -0.25) is 4.79 Å². The van der Waals surface area contributed by atoms with Gasteiger partial charge in [0.1, 0.15) is 0 Å². The lowest BCUT2D eigenvalue weighted by atomic mass is 9.95. The average Bonchev–Trinajstić information content (AvgIpc) is 2.73. The van der Waals surface area contributed by atoms with Crippen LogP contribution in [0.15, 0.2) is 0 Å². The number of carbonyl (C=O) groups is 1. The lowest BCUT2D eigenvalue weighted by molar-refractivity contribution is -0.125. The monoisotopic (exact) mass is 224 g/mol. The van der Waals surface area contributed by atoms with Crippen LogP contribution in [0.3, 0.4) is 0 Å². The number of piperidine rings is 1. The molecule has 0 aromatic carbocycles. The first-order valence-corrected chi connectivity index (χ1v) is 6.76. The van der Waals surface area contributed by atoms with Crippen LogP contribution < -0.4 is 10.6 Å². The maximum Gasteiger partial charge on any atom is 0.223 e. The molecule has 1 saturated heterocycles. The number of carbonyl (C=O) groups excluding carboxylic acids is 1. The molecule has 1 aliphatic heterocycles. The van der Waals surface area contributed by atoms with Crippen molar-refractivity contribution in [1.29, 1.82) is 0 Å². The minimum absolute atomic E-state index is 0.262. The third-order valence-electron chi connectivity index (χ3n) is 4.29. The lowest BCUT2D eigenvalue weighted by Gasteiger charge is -2.23. The van der Waals surface area contributed by atoms with Crippen molar-refractivity contribution >= 4 is 5.91 Å². The van der Waals surface area contributed by atoms with E-state index in [-0.39, 0.29) is 5.92 Å². The fourth-order valence-corrected chi connectivity index (χ4v) is 2.99. The van der Waals surface area contributed by atoms with Crippen LogP contribution in [0, 0.1) is 17.8 Å². The highest BCUT2D eigenvalue weighted by Gasteiger charge is 2.25. The van der Waals surface area contributed by atoms with Crippen LogP contribution in [0.4, 0.5) is 0 Å². The zero-order valence-electron chi connectivity index (χ0n) is 10.3. The number of amides is 1. The van der Waals surface area contributed by atoms with Crippen molar-refractivity contribution in [2.75, 3.05) is 19.6 Å². The van der Waals surface area contributed by atoms with E-state index in [1.165, 1.54) is 19.3 Å². The van der Waals surface area contributed by atoms with Crippen LogP contribution in [0.1, 0.15) is 39.0 Å². The third-order valence-corrected chi connectivity index (χ3v) is 4.29. The summed E-state index contributed by atoms with van der Waals surface area (Å²) in [4.78, 5) is 11.9. The molecule has 2 unspecified atom stereocenters. The highest BCUT2D eigenvalue weighted by molar-refractivity contribution is 5.78. The van der Waals surface area contributed by atoms with Crippen LogP contribution in [0.2, 0.25) is 0 Å². The number of rotatable bonds is 3. The first-order valence-electron chi connectivity index (χ1n) is 6.76. The first kappa shape index (κ1) is 11.9. The summed E-state index contributed by atoms with van der Waals surface area (Å²) in [5.41, 5.74) is 0. The molecule has 0 aromatic rings. The molecule has 16 heavy (non-hydrogen) atoms. The molecule has 2 N–H and O–H groups in total. The van der Waals surface area contributed by atoms with Crippen molar-refractivity contribution in [3.05, 3.63) is 0 Å². The Kier molecular flexibility index (Phi) is 4.22. The van der Waals surface area contributed by atoms with Gasteiger partial charge in [-0.1, -0.05) is 19.8 Å². The average molecular weight is 224 g/mol. The molecule has 2 rings (SSSR count). The zero-order chi connectivity index (χ0) is 11.4. The van der Waals surface area contributed by atoms with Crippen LogP contribution in [-0.2, 0) is 4.79 Å². The van der Waals surface area contributed by atoms with Gasteiger partial charge >= 0.3 is 0 Å². The summed E-state index contributed by atoms with van der Waals surface area (Å²) in [6, 6.07) is 0. The van der Waals surface area contributed by atoms with Crippen molar-refractivity contribution in [2.45, 2.75) is 39.0 Å². The summed E-state index contributed by atoms with van der Waals surface area (Å²) in [5, 5.41) is 6.45. The molecule has 3 heteroatoms. The predicted molar refractivity (Wildman–Crippen MR) is 65.1 cm³/mol. The molecular formula is C13H24N2O. The Balaban J connectivity index is 1.70. The highest BCUT2D eigenvalue weighted by Crippen LogP contribution is 2.30. The Morgan fingerprint density at radius 1 is 1.25 bits per heavy atom. The number of hydrogen-bond acceptors (Lipinski definition) is 2. The van der Waals surface area contributed by atoms with Crippen molar-refractivity contribution in [3.8, 4) is 0 Å². The molecule has 1 saturated carbocycles. The molecule has 0 spiro atoms. The second-order valence-electron chi connectivity index (χ2n) is 5.44. The Labute approximate surface area is 98.4 Å². The van der Waals surface area contributed by atoms with Gasteiger partial charge in [0.2, 0.25) is 5.91 Å². The Morgan fingerprint density at radius 3 is 2.62 bits per heavy atom. The standard InChI is InChI=1S/C13H24N2O/c1-10-3-2-4-12(10)9-15-13(16)11-5-7-14-8-6-11/h10-12,14H,2-9H2,1H3,(H,15,16). The van der Waals surface area contributed by atoms with E-state index in [9.17, 15) is 4.79 Å². The van der Waals surface area contributed by atoms with Crippen LogP contribution in [0.25, 0.3) is 0 Å². The van der Waals surface area contributed by atoms with E-state index in [1.807, 2.05) is 0 Å². The van der Waals surface area contributed by atoms with Gasteiger partial charge < -0.3 is 10.6 Å². The van der Waals surface area contributed by atoms with Crippen LogP contribution in [0.5, 0.6) is 0 Å². The smallest absolute Gasteiger partial charge is 0.223 e. The number of hydrogen-bond donors (Lipinski definition) is 2. The maximum absolute atomic E-state index is 11.9. The van der Waals surface area contributed by atoms with E-state index >= 15 is 0 Å². The quantitative estimate of drug-likeness (QED) is 0.763. The van der Waals surface area contributed by atoms with Crippen LogP contribution in [-0.4, -0.2) is 25.5 Å². The van der Waals surface area contributed by atoms with Gasteiger partial charge in [-0.15, -0.1) is 0 Å². The van der Waals surface area contributed by atoms with Crippen LogP contribution >= 0.6 is 0 Å². The normalized spacial score (nSPS) is 31.6. The second-order valence-corrected chi connectivity index (χ2v) is 5.44.